The van der Waals surface area contributed by atoms with Crippen LogP contribution < -0.4 is 9.47 Å². The average molecular weight is 277 g/mol. The van der Waals surface area contributed by atoms with Crippen LogP contribution in [0.4, 0.5) is 0 Å². The van der Waals surface area contributed by atoms with Crippen molar-refractivity contribution in [3.8, 4) is 11.5 Å². The molecule has 0 aliphatic rings. The topological polar surface area (TPSA) is 48.4 Å². The summed E-state index contributed by atoms with van der Waals surface area (Å²) in [5, 5.41) is 0.890. The van der Waals surface area contributed by atoms with Crippen LogP contribution in [0.5, 0.6) is 11.5 Å². The van der Waals surface area contributed by atoms with Crippen molar-refractivity contribution < 1.29 is 14.3 Å². The number of nitrogens with zero attached hydrogens (tertiary/aromatic N) is 1. The van der Waals surface area contributed by atoms with Gasteiger partial charge in [0.05, 0.1) is 29.8 Å². The lowest BCUT2D eigenvalue weighted by Gasteiger charge is -2.08. The van der Waals surface area contributed by atoms with Gasteiger partial charge in [0.25, 0.3) is 0 Å². The molecule has 2 rings (SSSR count). The number of aromatic nitrogens is 1. The smallest absolute Gasteiger partial charge is 0.204 e. The molecule has 0 atom stereocenters. The van der Waals surface area contributed by atoms with Gasteiger partial charge in [0, 0.05) is 5.56 Å². The molecule has 5 heteroatoms. The molecular formula is C14H15NO3S. The first-order valence-electron chi connectivity index (χ1n) is 5.77. The quantitative estimate of drug-likeness (QED) is 0.806. The van der Waals surface area contributed by atoms with E-state index < -0.39 is 0 Å². The molecule has 2 aromatic rings. The number of aryl methyl sites for hydroxylation is 2. The molecule has 1 aromatic heterocycles. The van der Waals surface area contributed by atoms with E-state index in [-0.39, 0.29) is 5.78 Å². The van der Waals surface area contributed by atoms with Gasteiger partial charge in [-0.15, -0.1) is 11.3 Å². The Kier molecular flexibility index (Phi) is 3.85. The van der Waals surface area contributed by atoms with Crippen molar-refractivity contribution >= 4 is 17.1 Å². The maximum absolute atomic E-state index is 12.4. The molecule has 4 nitrogen and oxygen atoms in total. The molecule has 0 unspecified atom stereocenters. The Labute approximate surface area is 116 Å². The Morgan fingerprint density at radius 1 is 1.16 bits per heavy atom. The number of ether oxygens (including phenoxy) is 2. The highest BCUT2D eigenvalue weighted by Crippen LogP contribution is 2.29. The first-order chi connectivity index (χ1) is 9.06. The number of benzene rings is 1. The van der Waals surface area contributed by atoms with E-state index >= 15 is 0 Å². The van der Waals surface area contributed by atoms with E-state index in [9.17, 15) is 4.79 Å². The van der Waals surface area contributed by atoms with Gasteiger partial charge in [-0.3, -0.25) is 4.79 Å². The van der Waals surface area contributed by atoms with Crippen LogP contribution in [-0.2, 0) is 0 Å². The van der Waals surface area contributed by atoms with Gasteiger partial charge in [0.2, 0.25) is 5.78 Å². The fraction of sp³-hybridized carbons (Fsp3) is 0.286. The van der Waals surface area contributed by atoms with E-state index in [1.54, 1.807) is 32.4 Å². The molecule has 1 heterocycles. The predicted molar refractivity (Wildman–Crippen MR) is 74.6 cm³/mol. The van der Waals surface area contributed by atoms with Crippen LogP contribution in [-0.4, -0.2) is 25.0 Å². The molecule has 0 N–H and O–H groups in total. The Morgan fingerprint density at radius 3 is 2.37 bits per heavy atom. The molecule has 0 aliphatic carbocycles. The number of methoxy groups -OCH3 is 2. The Bertz CT molecular complexity index is 619. The van der Waals surface area contributed by atoms with Crippen LogP contribution in [0.1, 0.15) is 25.9 Å². The maximum Gasteiger partial charge on any atom is 0.204 e. The van der Waals surface area contributed by atoms with E-state index in [1.807, 2.05) is 13.8 Å². The summed E-state index contributed by atoms with van der Waals surface area (Å²) < 4.78 is 10.4. The van der Waals surface area contributed by atoms with E-state index in [2.05, 4.69) is 4.98 Å². The number of hydrogen-bond acceptors (Lipinski definition) is 5. The maximum atomic E-state index is 12.4. The predicted octanol–water partition coefficient (Wildman–Crippen LogP) is 3.01. The molecule has 0 spiro atoms. The Balaban J connectivity index is 2.42. The fourth-order valence-corrected chi connectivity index (χ4v) is 2.73. The lowest BCUT2D eigenvalue weighted by Crippen LogP contribution is -2.02. The minimum atomic E-state index is -0.0379. The summed E-state index contributed by atoms with van der Waals surface area (Å²) in [6.07, 6.45) is 0. The third-order valence-corrected chi connectivity index (χ3v) is 3.83. The van der Waals surface area contributed by atoms with Gasteiger partial charge in [0.1, 0.15) is 0 Å². The lowest BCUT2D eigenvalue weighted by molar-refractivity contribution is 0.104. The summed E-state index contributed by atoms with van der Waals surface area (Å²) in [4.78, 5) is 17.4. The van der Waals surface area contributed by atoms with E-state index in [4.69, 9.17) is 9.47 Å². The van der Waals surface area contributed by atoms with Gasteiger partial charge in [-0.2, -0.15) is 0 Å². The fourth-order valence-electron chi connectivity index (χ4n) is 1.85. The van der Waals surface area contributed by atoms with Gasteiger partial charge in [-0.05, 0) is 32.0 Å². The Morgan fingerprint density at radius 2 is 1.84 bits per heavy atom. The number of carbonyl (C=O) groups is 1. The number of carbonyl (C=O) groups excluding carboxylic acids is 1. The highest BCUT2D eigenvalue weighted by molar-refractivity contribution is 7.14. The van der Waals surface area contributed by atoms with Crippen molar-refractivity contribution in [2.75, 3.05) is 14.2 Å². The van der Waals surface area contributed by atoms with Crippen LogP contribution in [0, 0.1) is 13.8 Å². The Hall–Kier alpha value is -1.88. The van der Waals surface area contributed by atoms with Gasteiger partial charge >= 0.3 is 0 Å². The second-order valence-corrected chi connectivity index (χ2v) is 5.25. The van der Waals surface area contributed by atoms with Crippen molar-refractivity contribution in [1.82, 2.24) is 4.98 Å². The summed E-state index contributed by atoms with van der Waals surface area (Å²) in [6.45, 7) is 3.74. The summed E-state index contributed by atoms with van der Waals surface area (Å²) in [5.41, 5.74) is 1.34. The zero-order chi connectivity index (χ0) is 14.0. The third-order valence-electron chi connectivity index (χ3n) is 2.76. The summed E-state index contributed by atoms with van der Waals surface area (Å²) in [6, 6.07) is 5.16. The second kappa shape index (κ2) is 5.40. The van der Waals surface area contributed by atoms with Crippen LogP contribution in [0.2, 0.25) is 0 Å². The molecule has 0 bridgehead atoms. The lowest BCUT2D eigenvalue weighted by atomic mass is 10.1. The van der Waals surface area contributed by atoms with Gasteiger partial charge in [0.15, 0.2) is 11.5 Å². The molecule has 0 aliphatic heterocycles. The summed E-state index contributed by atoms with van der Waals surface area (Å²) in [7, 11) is 3.12. The molecule has 0 saturated carbocycles. The molecule has 19 heavy (non-hydrogen) atoms. The van der Waals surface area contributed by atoms with Crippen molar-refractivity contribution in [3.63, 3.8) is 0 Å². The number of rotatable bonds is 4. The summed E-state index contributed by atoms with van der Waals surface area (Å²) >= 11 is 1.41. The van der Waals surface area contributed by atoms with Gasteiger partial charge < -0.3 is 9.47 Å². The molecule has 0 saturated heterocycles. The van der Waals surface area contributed by atoms with Crippen LogP contribution in [0.25, 0.3) is 0 Å². The molecule has 0 fully saturated rings. The van der Waals surface area contributed by atoms with E-state index in [0.29, 0.717) is 21.9 Å². The average Bonchev–Trinajstić information content (AvgIpc) is 2.76. The number of thiazole rings is 1. The molecule has 1 aromatic carbocycles. The molecule has 0 amide bonds. The largest absolute Gasteiger partial charge is 0.493 e. The van der Waals surface area contributed by atoms with Crippen LogP contribution in [0.15, 0.2) is 18.2 Å². The van der Waals surface area contributed by atoms with E-state index in [1.165, 1.54) is 11.3 Å². The third kappa shape index (κ3) is 2.61. The molecule has 0 radical (unpaired) electrons. The van der Waals surface area contributed by atoms with E-state index in [0.717, 1.165) is 10.7 Å². The van der Waals surface area contributed by atoms with Crippen molar-refractivity contribution in [2.45, 2.75) is 13.8 Å². The first kappa shape index (κ1) is 13.5. The summed E-state index contributed by atoms with van der Waals surface area (Å²) in [5.74, 6) is 1.12. The van der Waals surface area contributed by atoms with Crippen LogP contribution >= 0.6 is 11.3 Å². The van der Waals surface area contributed by atoms with Gasteiger partial charge in [-0.25, -0.2) is 4.98 Å². The van der Waals surface area contributed by atoms with Crippen molar-refractivity contribution in [3.05, 3.63) is 39.3 Å². The first-order valence-corrected chi connectivity index (χ1v) is 6.59. The SMILES string of the molecule is COc1ccc(C(=O)c2sc(C)nc2C)cc1OC. The molecule has 100 valence electrons. The zero-order valence-corrected chi connectivity index (χ0v) is 12.1. The number of ketones is 1. The van der Waals surface area contributed by atoms with Crippen molar-refractivity contribution in [1.29, 1.82) is 0 Å². The highest BCUT2D eigenvalue weighted by atomic mass is 32.1. The minimum absolute atomic E-state index is 0.0379. The second-order valence-electron chi connectivity index (χ2n) is 4.05. The minimum Gasteiger partial charge on any atom is -0.493 e. The van der Waals surface area contributed by atoms with Crippen molar-refractivity contribution in [2.24, 2.45) is 0 Å². The monoisotopic (exact) mass is 277 g/mol. The molecular weight excluding hydrogens is 262 g/mol. The standard InChI is InChI=1S/C14H15NO3S/c1-8-14(19-9(2)15-8)13(16)10-5-6-11(17-3)12(7-10)18-4/h5-7H,1-4H3. The van der Waals surface area contributed by atoms with Gasteiger partial charge in [-0.1, -0.05) is 0 Å². The van der Waals surface area contributed by atoms with Crippen LogP contribution in [0.3, 0.4) is 0 Å². The normalized spacial score (nSPS) is 10.3. The number of hydrogen-bond donors (Lipinski definition) is 0. The highest BCUT2D eigenvalue weighted by Gasteiger charge is 2.17. The zero-order valence-electron chi connectivity index (χ0n) is 11.3.